The van der Waals surface area contributed by atoms with Gasteiger partial charge < -0.3 is 4.74 Å². The van der Waals surface area contributed by atoms with E-state index in [-0.39, 0.29) is 0 Å². The second kappa shape index (κ2) is 6.68. The normalized spacial score (nSPS) is 12.6. The third kappa shape index (κ3) is 2.80. The topological polar surface area (TPSA) is 27.1 Å². The number of ether oxygens (including phenoxy) is 1. The fourth-order valence-corrected chi connectivity index (χ4v) is 3.89. The molecule has 0 fully saturated rings. The Morgan fingerprint density at radius 1 is 0.857 bits per heavy atom. The summed E-state index contributed by atoms with van der Waals surface area (Å²) >= 11 is 0. The number of benzene rings is 3. The number of fused-ring (bicyclic) bond motifs is 3. The SMILES string of the molecule is Cc1ccc(-c2c3c(nn2-c2ccccc2)-c2cc(C)ccc2OCC3)cc1. The van der Waals surface area contributed by atoms with E-state index in [2.05, 4.69) is 85.3 Å². The van der Waals surface area contributed by atoms with Crippen molar-refractivity contribution in [3.8, 4) is 34.0 Å². The molecule has 3 heteroatoms. The molecule has 0 spiro atoms. The van der Waals surface area contributed by atoms with Crippen LogP contribution >= 0.6 is 0 Å². The highest BCUT2D eigenvalue weighted by molar-refractivity contribution is 5.80. The van der Waals surface area contributed by atoms with Crippen LogP contribution in [0, 0.1) is 13.8 Å². The molecule has 3 nitrogen and oxygen atoms in total. The van der Waals surface area contributed by atoms with Crippen LogP contribution in [0.3, 0.4) is 0 Å². The van der Waals surface area contributed by atoms with Gasteiger partial charge in [0.25, 0.3) is 0 Å². The molecular weight excluding hydrogens is 344 g/mol. The summed E-state index contributed by atoms with van der Waals surface area (Å²) in [7, 11) is 0. The Morgan fingerprint density at radius 3 is 2.39 bits per heavy atom. The minimum atomic E-state index is 0.655. The van der Waals surface area contributed by atoms with Crippen LogP contribution in [-0.4, -0.2) is 16.4 Å². The van der Waals surface area contributed by atoms with E-state index in [1.807, 2.05) is 6.07 Å². The molecule has 0 radical (unpaired) electrons. The average molecular weight is 366 g/mol. The van der Waals surface area contributed by atoms with E-state index in [1.165, 1.54) is 22.3 Å². The molecule has 1 aliphatic rings. The molecule has 4 aromatic rings. The minimum absolute atomic E-state index is 0.655. The lowest BCUT2D eigenvalue weighted by molar-refractivity contribution is 0.326. The standard InChI is InChI=1S/C25H22N2O/c1-17-8-11-19(12-9-17)25-21-14-15-28-23-13-10-18(2)16-22(23)24(21)26-27(25)20-6-4-3-5-7-20/h3-13,16H,14-15H2,1-2H3. The molecule has 0 saturated heterocycles. The first-order valence-corrected chi connectivity index (χ1v) is 9.69. The molecule has 1 aliphatic heterocycles. The monoisotopic (exact) mass is 366 g/mol. The van der Waals surface area contributed by atoms with Gasteiger partial charge in [0, 0.05) is 23.1 Å². The Bertz CT molecular complexity index is 1140. The lowest BCUT2D eigenvalue weighted by Crippen LogP contribution is -2.03. The smallest absolute Gasteiger partial charge is 0.128 e. The van der Waals surface area contributed by atoms with Crippen LogP contribution < -0.4 is 4.74 Å². The third-order valence-corrected chi connectivity index (χ3v) is 5.31. The Morgan fingerprint density at radius 2 is 1.61 bits per heavy atom. The summed E-state index contributed by atoms with van der Waals surface area (Å²) < 4.78 is 8.14. The zero-order chi connectivity index (χ0) is 19.1. The van der Waals surface area contributed by atoms with Crippen molar-refractivity contribution in [2.75, 3.05) is 6.61 Å². The van der Waals surface area contributed by atoms with Crippen molar-refractivity contribution in [2.45, 2.75) is 20.3 Å². The van der Waals surface area contributed by atoms with Crippen LogP contribution in [-0.2, 0) is 6.42 Å². The predicted octanol–water partition coefficient (Wildman–Crippen LogP) is 5.76. The Labute approximate surface area is 165 Å². The van der Waals surface area contributed by atoms with Crippen molar-refractivity contribution in [1.82, 2.24) is 9.78 Å². The molecule has 0 amide bonds. The molecule has 0 bridgehead atoms. The fraction of sp³-hybridized carbons (Fsp3) is 0.160. The maximum atomic E-state index is 6.05. The predicted molar refractivity (Wildman–Crippen MR) is 113 cm³/mol. The summed E-state index contributed by atoms with van der Waals surface area (Å²) in [6.07, 6.45) is 0.832. The lowest BCUT2D eigenvalue weighted by Gasteiger charge is -2.11. The van der Waals surface area contributed by atoms with Gasteiger partial charge in [-0.15, -0.1) is 0 Å². The first kappa shape index (κ1) is 16.8. The van der Waals surface area contributed by atoms with Gasteiger partial charge in [0.15, 0.2) is 0 Å². The van der Waals surface area contributed by atoms with E-state index in [1.54, 1.807) is 0 Å². The third-order valence-electron chi connectivity index (χ3n) is 5.31. The number of hydrogen-bond acceptors (Lipinski definition) is 2. The van der Waals surface area contributed by atoms with Crippen LogP contribution in [0.4, 0.5) is 0 Å². The van der Waals surface area contributed by atoms with E-state index in [4.69, 9.17) is 9.84 Å². The maximum Gasteiger partial charge on any atom is 0.128 e. The van der Waals surface area contributed by atoms with Gasteiger partial charge >= 0.3 is 0 Å². The number of aryl methyl sites for hydroxylation is 2. The second-order valence-corrected chi connectivity index (χ2v) is 7.39. The van der Waals surface area contributed by atoms with E-state index in [0.29, 0.717) is 6.61 Å². The molecule has 0 atom stereocenters. The molecule has 1 aromatic heterocycles. The molecule has 0 N–H and O–H groups in total. The van der Waals surface area contributed by atoms with Crippen molar-refractivity contribution in [3.05, 3.63) is 89.5 Å². The van der Waals surface area contributed by atoms with Crippen LogP contribution in [0.5, 0.6) is 5.75 Å². The number of aromatic nitrogens is 2. The highest BCUT2D eigenvalue weighted by Gasteiger charge is 2.25. The number of rotatable bonds is 2. The second-order valence-electron chi connectivity index (χ2n) is 7.39. The molecule has 0 unspecified atom stereocenters. The Kier molecular flexibility index (Phi) is 4.01. The molecule has 3 aromatic carbocycles. The summed E-state index contributed by atoms with van der Waals surface area (Å²) in [6.45, 7) is 4.88. The summed E-state index contributed by atoms with van der Waals surface area (Å²) in [5.74, 6) is 0.914. The maximum absolute atomic E-state index is 6.05. The Hall–Kier alpha value is -3.33. The number of para-hydroxylation sites is 1. The van der Waals surface area contributed by atoms with Gasteiger partial charge in [0.1, 0.15) is 11.4 Å². The fourth-order valence-electron chi connectivity index (χ4n) is 3.89. The molecule has 138 valence electrons. The van der Waals surface area contributed by atoms with Crippen molar-refractivity contribution in [3.63, 3.8) is 0 Å². The lowest BCUT2D eigenvalue weighted by atomic mass is 9.98. The molecule has 0 saturated carbocycles. The largest absolute Gasteiger partial charge is 0.493 e. The average Bonchev–Trinajstić information content (AvgIpc) is 3.00. The van der Waals surface area contributed by atoms with E-state index >= 15 is 0 Å². The van der Waals surface area contributed by atoms with E-state index < -0.39 is 0 Å². The summed E-state index contributed by atoms with van der Waals surface area (Å²) in [4.78, 5) is 0. The van der Waals surface area contributed by atoms with Crippen molar-refractivity contribution >= 4 is 0 Å². The van der Waals surface area contributed by atoms with Gasteiger partial charge in [-0.25, -0.2) is 4.68 Å². The Balaban J connectivity index is 1.82. The van der Waals surface area contributed by atoms with Gasteiger partial charge in [-0.2, -0.15) is 5.10 Å². The molecule has 28 heavy (non-hydrogen) atoms. The van der Waals surface area contributed by atoms with Crippen molar-refractivity contribution < 1.29 is 4.74 Å². The number of nitrogens with zero attached hydrogens (tertiary/aromatic N) is 2. The van der Waals surface area contributed by atoms with Crippen LogP contribution in [0.25, 0.3) is 28.2 Å². The zero-order valence-electron chi connectivity index (χ0n) is 16.1. The molecule has 2 heterocycles. The van der Waals surface area contributed by atoms with Crippen molar-refractivity contribution in [2.24, 2.45) is 0 Å². The van der Waals surface area contributed by atoms with Gasteiger partial charge in [0.05, 0.1) is 18.0 Å². The van der Waals surface area contributed by atoms with Gasteiger partial charge in [-0.05, 0) is 38.1 Å². The highest BCUT2D eigenvalue weighted by atomic mass is 16.5. The summed E-state index contributed by atoms with van der Waals surface area (Å²) in [6, 6.07) is 25.4. The first-order chi connectivity index (χ1) is 13.7. The quantitative estimate of drug-likeness (QED) is 0.451. The zero-order valence-corrected chi connectivity index (χ0v) is 16.1. The molecule has 0 aliphatic carbocycles. The van der Waals surface area contributed by atoms with E-state index in [0.717, 1.165) is 34.8 Å². The van der Waals surface area contributed by atoms with Gasteiger partial charge in [-0.1, -0.05) is 59.7 Å². The number of hydrogen-bond donors (Lipinski definition) is 0. The minimum Gasteiger partial charge on any atom is -0.493 e. The van der Waals surface area contributed by atoms with Crippen molar-refractivity contribution in [1.29, 1.82) is 0 Å². The van der Waals surface area contributed by atoms with Crippen LogP contribution in [0.15, 0.2) is 72.8 Å². The van der Waals surface area contributed by atoms with Gasteiger partial charge in [0.2, 0.25) is 0 Å². The first-order valence-electron chi connectivity index (χ1n) is 9.69. The highest BCUT2D eigenvalue weighted by Crippen LogP contribution is 2.40. The van der Waals surface area contributed by atoms with Crippen LogP contribution in [0.1, 0.15) is 16.7 Å². The van der Waals surface area contributed by atoms with Gasteiger partial charge in [-0.3, -0.25) is 0 Å². The summed E-state index contributed by atoms with van der Waals surface area (Å²) in [5, 5.41) is 5.10. The molecule has 5 rings (SSSR count). The molecular formula is C25H22N2O. The van der Waals surface area contributed by atoms with E-state index in [9.17, 15) is 0 Å². The summed E-state index contributed by atoms with van der Waals surface area (Å²) in [5.41, 5.74) is 9.22. The van der Waals surface area contributed by atoms with Crippen LogP contribution in [0.2, 0.25) is 0 Å².